The molecule has 3 aromatic rings. The zero-order valence-electron chi connectivity index (χ0n) is 11.1. The number of fused-ring (bicyclic) bond motifs is 1. The molecule has 1 N–H and O–H groups in total. The molecular formula is C15H10ClF3N2O. The number of halogens is 4. The van der Waals surface area contributed by atoms with Crippen LogP contribution in [0.3, 0.4) is 0 Å². The van der Waals surface area contributed by atoms with Gasteiger partial charge >= 0.3 is 11.9 Å². The summed E-state index contributed by atoms with van der Waals surface area (Å²) in [6.07, 6.45) is -4.44. The predicted molar refractivity (Wildman–Crippen MR) is 78.1 cm³/mol. The van der Waals surface area contributed by atoms with E-state index in [0.717, 1.165) is 17.7 Å². The Morgan fingerprint density at radius 3 is 2.41 bits per heavy atom. The van der Waals surface area contributed by atoms with Crippen LogP contribution in [0.2, 0.25) is 5.02 Å². The highest BCUT2D eigenvalue weighted by Crippen LogP contribution is 2.30. The molecule has 22 heavy (non-hydrogen) atoms. The normalized spacial score (nSPS) is 12.0. The van der Waals surface area contributed by atoms with Crippen LogP contribution in [-0.2, 0) is 12.7 Å². The van der Waals surface area contributed by atoms with Crippen molar-refractivity contribution in [2.45, 2.75) is 12.7 Å². The van der Waals surface area contributed by atoms with E-state index >= 15 is 0 Å². The molecule has 1 heterocycles. The highest BCUT2D eigenvalue weighted by molar-refractivity contribution is 6.30. The minimum atomic E-state index is -4.44. The van der Waals surface area contributed by atoms with Gasteiger partial charge in [0, 0.05) is 5.02 Å². The summed E-state index contributed by atoms with van der Waals surface area (Å²) in [4.78, 5) is 14.4. The van der Waals surface area contributed by atoms with Crippen LogP contribution < -0.4 is 5.69 Å². The van der Waals surface area contributed by atoms with Gasteiger partial charge in [-0.05, 0) is 35.9 Å². The molecule has 0 amide bonds. The van der Waals surface area contributed by atoms with E-state index in [0.29, 0.717) is 10.5 Å². The van der Waals surface area contributed by atoms with Crippen LogP contribution in [0.1, 0.15) is 11.1 Å². The lowest BCUT2D eigenvalue weighted by atomic mass is 10.2. The lowest BCUT2D eigenvalue weighted by Crippen LogP contribution is -2.17. The fourth-order valence-corrected chi connectivity index (χ4v) is 2.40. The number of aromatic amines is 1. The van der Waals surface area contributed by atoms with E-state index in [1.54, 1.807) is 24.3 Å². The molecule has 0 fully saturated rings. The Bertz CT molecular complexity index is 878. The van der Waals surface area contributed by atoms with E-state index < -0.39 is 17.4 Å². The quantitative estimate of drug-likeness (QED) is 0.758. The number of nitrogens with one attached hydrogen (secondary N) is 1. The topological polar surface area (TPSA) is 37.8 Å². The van der Waals surface area contributed by atoms with E-state index in [4.69, 9.17) is 11.6 Å². The summed E-state index contributed by atoms with van der Waals surface area (Å²) in [5.74, 6) is 0. The van der Waals surface area contributed by atoms with Crippen LogP contribution >= 0.6 is 11.6 Å². The number of aromatic nitrogens is 2. The fourth-order valence-electron chi connectivity index (χ4n) is 2.27. The number of hydrogen-bond donors (Lipinski definition) is 1. The van der Waals surface area contributed by atoms with E-state index in [2.05, 4.69) is 4.98 Å². The SMILES string of the molecule is O=c1[nH]c2cc(C(F)(F)F)ccc2n1Cc1ccc(Cl)cc1. The van der Waals surface area contributed by atoms with Gasteiger partial charge in [0.2, 0.25) is 0 Å². The summed E-state index contributed by atoms with van der Waals surface area (Å²) >= 11 is 5.80. The van der Waals surface area contributed by atoms with E-state index in [1.807, 2.05) is 0 Å². The van der Waals surface area contributed by atoms with Crippen molar-refractivity contribution in [1.82, 2.24) is 9.55 Å². The largest absolute Gasteiger partial charge is 0.416 e. The molecule has 0 bridgehead atoms. The second-order valence-electron chi connectivity index (χ2n) is 4.87. The molecule has 0 saturated carbocycles. The molecule has 0 saturated heterocycles. The van der Waals surface area contributed by atoms with E-state index in [1.165, 1.54) is 10.6 Å². The van der Waals surface area contributed by atoms with Crippen LogP contribution in [0.5, 0.6) is 0 Å². The first-order valence-electron chi connectivity index (χ1n) is 6.39. The molecule has 3 rings (SSSR count). The molecular weight excluding hydrogens is 317 g/mol. The van der Waals surface area contributed by atoms with Crippen molar-refractivity contribution in [3.8, 4) is 0 Å². The van der Waals surface area contributed by atoms with Gasteiger partial charge in [-0.25, -0.2) is 4.79 Å². The fraction of sp³-hybridized carbons (Fsp3) is 0.133. The Kier molecular flexibility index (Phi) is 3.48. The molecule has 2 aromatic carbocycles. The van der Waals surface area contributed by atoms with Crippen molar-refractivity contribution in [2.75, 3.05) is 0 Å². The highest BCUT2D eigenvalue weighted by Gasteiger charge is 2.30. The van der Waals surface area contributed by atoms with Crippen LogP contribution in [0.25, 0.3) is 11.0 Å². The summed E-state index contributed by atoms with van der Waals surface area (Å²) < 4.78 is 39.5. The summed E-state index contributed by atoms with van der Waals surface area (Å²) in [5, 5.41) is 0.574. The highest BCUT2D eigenvalue weighted by atomic mass is 35.5. The number of H-pyrrole nitrogens is 1. The van der Waals surface area contributed by atoms with Crippen LogP contribution in [-0.4, -0.2) is 9.55 Å². The minimum Gasteiger partial charge on any atom is -0.306 e. The van der Waals surface area contributed by atoms with Gasteiger partial charge in [-0.15, -0.1) is 0 Å². The third kappa shape index (κ3) is 2.74. The number of rotatable bonds is 2. The van der Waals surface area contributed by atoms with E-state index in [9.17, 15) is 18.0 Å². The van der Waals surface area contributed by atoms with Gasteiger partial charge in [-0.2, -0.15) is 13.2 Å². The average Bonchev–Trinajstić information content (AvgIpc) is 2.76. The number of imidazole rings is 1. The van der Waals surface area contributed by atoms with Gasteiger partial charge in [-0.3, -0.25) is 4.57 Å². The third-order valence-electron chi connectivity index (χ3n) is 3.36. The number of nitrogens with zero attached hydrogens (tertiary/aromatic N) is 1. The summed E-state index contributed by atoms with van der Waals surface area (Å²) in [5.41, 5.74) is 0.165. The third-order valence-corrected chi connectivity index (χ3v) is 3.61. The maximum atomic E-state index is 12.7. The Hall–Kier alpha value is -2.21. The van der Waals surface area contributed by atoms with Crippen LogP contribution in [0, 0.1) is 0 Å². The van der Waals surface area contributed by atoms with Crippen molar-refractivity contribution in [1.29, 1.82) is 0 Å². The average molecular weight is 327 g/mol. The van der Waals surface area contributed by atoms with Crippen molar-refractivity contribution < 1.29 is 13.2 Å². The molecule has 0 spiro atoms. The molecule has 0 atom stereocenters. The second kappa shape index (κ2) is 5.21. The maximum absolute atomic E-state index is 12.7. The molecule has 7 heteroatoms. The van der Waals surface area contributed by atoms with E-state index in [-0.39, 0.29) is 12.1 Å². The van der Waals surface area contributed by atoms with Gasteiger partial charge < -0.3 is 4.98 Å². The van der Waals surface area contributed by atoms with Gasteiger partial charge in [0.25, 0.3) is 0 Å². The molecule has 0 radical (unpaired) electrons. The molecule has 0 aliphatic carbocycles. The van der Waals surface area contributed by atoms with Crippen molar-refractivity contribution in [2.24, 2.45) is 0 Å². The predicted octanol–water partition coefficient (Wildman–Crippen LogP) is 4.05. The number of hydrogen-bond acceptors (Lipinski definition) is 1. The molecule has 0 aliphatic heterocycles. The Labute approximate surface area is 128 Å². The van der Waals surface area contributed by atoms with Crippen molar-refractivity contribution >= 4 is 22.6 Å². The van der Waals surface area contributed by atoms with Gasteiger partial charge in [0.1, 0.15) is 0 Å². The van der Waals surface area contributed by atoms with Gasteiger partial charge in [-0.1, -0.05) is 23.7 Å². The summed E-state index contributed by atoms with van der Waals surface area (Å²) in [6.45, 7) is 0.251. The first-order chi connectivity index (χ1) is 10.3. The number of alkyl halides is 3. The van der Waals surface area contributed by atoms with Crippen molar-refractivity contribution in [3.05, 3.63) is 69.1 Å². The first kappa shape index (κ1) is 14.7. The number of benzene rings is 2. The zero-order chi connectivity index (χ0) is 15.9. The molecule has 0 aliphatic rings. The second-order valence-corrected chi connectivity index (χ2v) is 5.31. The Morgan fingerprint density at radius 2 is 1.77 bits per heavy atom. The molecule has 1 aromatic heterocycles. The molecule has 114 valence electrons. The Morgan fingerprint density at radius 1 is 1.09 bits per heavy atom. The first-order valence-corrected chi connectivity index (χ1v) is 6.76. The molecule has 3 nitrogen and oxygen atoms in total. The summed E-state index contributed by atoms with van der Waals surface area (Å²) in [7, 11) is 0. The van der Waals surface area contributed by atoms with Crippen LogP contribution in [0.15, 0.2) is 47.3 Å². The maximum Gasteiger partial charge on any atom is 0.416 e. The minimum absolute atomic E-state index is 0.161. The van der Waals surface area contributed by atoms with Crippen molar-refractivity contribution in [3.63, 3.8) is 0 Å². The van der Waals surface area contributed by atoms with Crippen LogP contribution in [0.4, 0.5) is 13.2 Å². The zero-order valence-corrected chi connectivity index (χ0v) is 11.9. The van der Waals surface area contributed by atoms with Gasteiger partial charge in [0.05, 0.1) is 23.1 Å². The summed E-state index contributed by atoms with van der Waals surface area (Å²) in [6, 6.07) is 10.1. The smallest absolute Gasteiger partial charge is 0.306 e. The van der Waals surface area contributed by atoms with Gasteiger partial charge in [0.15, 0.2) is 0 Å². The molecule has 0 unspecified atom stereocenters. The monoisotopic (exact) mass is 326 g/mol. The Balaban J connectivity index is 2.05. The standard InChI is InChI=1S/C15H10ClF3N2O/c16-11-4-1-9(2-5-11)8-21-13-6-3-10(15(17,18)19)7-12(13)20-14(21)22/h1-7H,8H2,(H,20,22). The lowest BCUT2D eigenvalue weighted by molar-refractivity contribution is -0.137. The lowest BCUT2D eigenvalue weighted by Gasteiger charge is -2.07.